The van der Waals surface area contributed by atoms with Crippen LogP contribution in [0.15, 0.2) is 11.1 Å². The van der Waals surface area contributed by atoms with Crippen LogP contribution in [0.1, 0.15) is 38.4 Å². The Morgan fingerprint density at radius 1 is 1.50 bits per heavy atom. The third kappa shape index (κ3) is 1.70. The third-order valence-corrected chi connectivity index (χ3v) is 2.56. The van der Waals surface area contributed by atoms with E-state index in [0.29, 0.717) is 11.7 Å². The van der Waals surface area contributed by atoms with Crippen molar-refractivity contribution < 1.29 is 9.26 Å². The lowest BCUT2D eigenvalue weighted by Gasteiger charge is -2.25. The van der Waals surface area contributed by atoms with E-state index in [0.717, 1.165) is 12.8 Å². The first kappa shape index (κ1) is 10.9. The highest BCUT2D eigenvalue weighted by molar-refractivity contribution is 5.33. The maximum absolute atomic E-state index is 5.46. The van der Waals surface area contributed by atoms with E-state index < -0.39 is 5.60 Å². The molecule has 0 N–H and O–H groups in total. The molecule has 14 heavy (non-hydrogen) atoms. The molecule has 0 saturated carbocycles. The lowest BCUT2D eigenvalue weighted by atomic mass is 9.96. The molecule has 0 spiro atoms. The van der Waals surface area contributed by atoms with Crippen LogP contribution < -0.4 is 0 Å². The van der Waals surface area contributed by atoms with Crippen LogP contribution in [0.5, 0.6) is 0 Å². The van der Waals surface area contributed by atoms with Crippen LogP contribution in [-0.2, 0) is 10.3 Å². The smallest absolute Gasteiger partial charge is 0.250 e. The molecule has 1 aromatic rings. The molecule has 0 atom stereocenters. The fourth-order valence-electron chi connectivity index (χ4n) is 1.45. The van der Waals surface area contributed by atoms with Crippen LogP contribution in [0, 0.1) is 0 Å². The third-order valence-electron chi connectivity index (χ3n) is 2.56. The van der Waals surface area contributed by atoms with E-state index in [-0.39, 0.29) is 0 Å². The van der Waals surface area contributed by atoms with Gasteiger partial charge in [-0.3, -0.25) is 0 Å². The van der Waals surface area contributed by atoms with Crippen molar-refractivity contribution in [2.45, 2.75) is 32.3 Å². The Balaban J connectivity index is 3.04. The number of aromatic nitrogens is 2. The topological polar surface area (TPSA) is 48.2 Å². The lowest BCUT2D eigenvalue weighted by Crippen LogP contribution is -2.28. The Morgan fingerprint density at radius 2 is 2.14 bits per heavy atom. The van der Waals surface area contributed by atoms with Gasteiger partial charge < -0.3 is 9.26 Å². The zero-order chi connectivity index (χ0) is 10.6. The Hall–Kier alpha value is -1.16. The molecule has 0 amide bonds. The monoisotopic (exact) mass is 196 g/mol. The molecule has 1 heterocycles. The second kappa shape index (κ2) is 4.37. The first-order valence-electron chi connectivity index (χ1n) is 4.74. The van der Waals surface area contributed by atoms with Gasteiger partial charge in [0.05, 0.1) is 0 Å². The summed E-state index contributed by atoms with van der Waals surface area (Å²) in [6.07, 6.45) is 3.16. The van der Waals surface area contributed by atoms with E-state index in [4.69, 9.17) is 9.26 Å². The van der Waals surface area contributed by atoms with Crippen molar-refractivity contribution in [2.75, 3.05) is 7.11 Å². The number of methoxy groups -OCH3 is 1. The summed E-state index contributed by atoms with van der Waals surface area (Å²) in [6, 6.07) is 0. The van der Waals surface area contributed by atoms with E-state index in [1.807, 2.05) is 13.8 Å². The van der Waals surface area contributed by atoms with Gasteiger partial charge in [-0.05, 0) is 18.9 Å². The van der Waals surface area contributed by atoms with Crippen LogP contribution in [0.2, 0.25) is 0 Å². The molecule has 78 valence electrons. The summed E-state index contributed by atoms with van der Waals surface area (Å²) in [5.74, 6) is 1.03. The van der Waals surface area contributed by atoms with E-state index >= 15 is 0 Å². The molecule has 0 saturated heterocycles. The highest BCUT2D eigenvalue weighted by atomic mass is 16.5. The fraction of sp³-hybridized carbons (Fsp3) is 0.600. The van der Waals surface area contributed by atoms with E-state index in [9.17, 15) is 0 Å². The molecule has 4 nitrogen and oxygen atoms in total. The predicted octanol–water partition coefficient (Wildman–Crippen LogP) is 2.37. The molecule has 0 aliphatic rings. The van der Waals surface area contributed by atoms with E-state index in [1.165, 1.54) is 6.08 Å². The molecule has 1 rings (SSSR count). The van der Waals surface area contributed by atoms with E-state index in [2.05, 4.69) is 16.7 Å². The van der Waals surface area contributed by atoms with Crippen molar-refractivity contribution in [3.05, 3.63) is 18.3 Å². The minimum atomic E-state index is -0.426. The Morgan fingerprint density at radius 3 is 2.50 bits per heavy atom. The van der Waals surface area contributed by atoms with Crippen molar-refractivity contribution >= 4 is 6.08 Å². The SMILES string of the molecule is C=Cc1nc(C(CC)(CC)OC)no1. The standard InChI is InChI=1S/C10H16N2O2/c1-5-8-11-9(12-14-8)10(6-2,7-3)13-4/h5H,1,6-7H2,2-4H3. The second-order valence-corrected chi connectivity index (χ2v) is 3.07. The maximum Gasteiger partial charge on any atom is 0.250 e. The minimum Gasteiger partial charge on any atom is -0.370 e. The van der Waals surface area contributed by atoms with Crippen molar-refractivity contribution in [2.24, 2.45) is 0 Å². The fourth-order valence-corrected chi connectivity index (χ4v) is 1.45. The first-order chi connectivity index (χ1) is 6.72. The molecular weight excluding hydrogens is 180 g/mol. The van der Waals surface area contributed by atoms with Gasteiger partial charge >= 0.3 is 0 Å². The van der Waals surface area contributed by atoms with E-state index in [1.54, 1.807) is 7.11 Å². The van der Waals surface area contributed by atoms with Crippen LogP contribution in [0.3, 0.4) is 0 Å². The molecule has 0 aromatic carbocycles. The van der Waals surface area contributed by atoms with Gasteiger partial charge in [0.2, 0.25) is 11.7 Å². The summed E-state index contributed by atoms with van der Waals surface area (Å²) in [5, 5.41) is 3.89. The molecule has 0 unspecified atom stereocenters. The average molecular weight is 196 g/mol. The summed E-state index contributed by atoms with van der Waals surface area (Å²) >= 11 is 0. The van der Waals surface area contributed by atoms with Crippen molar-refractivity contribution in [3.8, 4) is 0 Å². The quantitative estimate of drug-likeness (QED) is 0.725. The molecule has 1 aromatic heterocycles. The summed E-state index contributed by atoms with van der Waals surface area (Å²) in [7, 11) is 1.66. The van der Waals surface area contributed by atoms with Gasteiger partial charge in [-0.15, -0.1) is 0 Å². The minimum absolute atomic E-state index is 0.426. The van der Waals surface area contributed by atoms with Crippen LogP contribution in [0.25, 0.3) is 6.08 Å². The van der Waals surface area contributed by atoms with Gasteiger partial charge in [-0.1, -0.05) is 25.6 Å². The van der Waals surface area contributed by atoms with Crippen LogP contribution >= 0.6 is 0 Å². The summed E-state index contributed by atoms with van der Waals surface area (Å²) in [4.78, 5) is 4.19. The van der Waals surface area contributed by atoms with Gasteiger partial charge in [-0.2, -0.15) is 4.98 Å². The Kier molecular flexibility index (Phi) is 3.41. The number of ether oxygens (including phenoxy) is 1. The highest BCUT2D eigenvalue weighted by Gasteiger charge is 2.33. The van der Waals surface area contributed by atoms with Crippen LogP contribution in [0.4, 0.5) is 0 Å². The summed E-state index contributed by atoms with van der Waals surface area (Å²) in [5.41, 5.74) is -0.426. The molecular formula is C10H16N2O2. The lowest BCUT2D eigenvalue weighted by molar-refractivity contribution is -0.0306. The highest BCUT2D eigenvalue weighted by Crippen LogP contribution is 2.29. The van der Waals surface area contributed by atoms with Crippen molar-refractivity contribution in [3.63, 3.8) is 0 Å². The summed E-state index contributed by atoms with van der Waals surface area (Å²) < 4.78 is 10.4. The number of rotatable bonds is 5. The molecule has 0 bridgehead atoms. The first-order valence-corrected chi connectivity index (χ1v) is 4.74. The molecule has 0 fully saturated rings. The molecule has 4 heteroatoms. The zero-order valence-corrected chi connectivity index (χ0v) is 8.91. The number of hydrogen-bond acceptors (Lipinski definition) is 4. The van der Waals surface area contributed by atoms with Gasteiger partial charge in [0, 0.05) is 7.11 Å². The maximum atomic E-state index is 5.46. The van der Waals surface area contributed by atoms with Gasteiger partial charge in [0.15, 0.2) is 0 Å². The van der Waals surface area contributed by atoms with Gasteiger partial charge in [-0.25, -0.2) is 0 Å². The zero-order valence-electron chi connectivity index (χ0n) is 8.91. The largest absolute Gasteiger partial charge is 0.370 e. The normalized spacial score (nSPS) is 11.6. The Bertz CT molecular complexity index is 295. The Labute approximate surface area is 84.0 Å². The summed E-state index contributed by atoms with van der Waals surface area (Å²) in [6.45, 7) is 7.64. The number of nitrogens with zero attached hydrogens (tertiary/aromatic N) is 2. The molecule has 0 aliphatic carbocycles. The van der Waals surface area contributed by atoms with Crippen molar-refractivity contribution in [1.82, 2.24) is 10.1 Å². The van der Waals surface area contributed by atoms with Crippen LogP contribution in [-0.4, -0.2) is 17.3 Å². The average Bonchev–Trinajstić information content (AvgIpc) is 2.71. The van der Waals surface area contributed by atoms with Gasteiger partial charge in [0.1, 0.15) is 5.60 Å². The second-order valence-electron chi connectivity index (χ2n) is 3.07. The molecule has 0 radical (unpaired) electrons. The number of hydrogen-bond donors (Lipinski definition) is 0. The molecule has 0 aliphatic heterocycles. The van der Waals surface area contributed by atoms with Gasteiger partial charge in [0.25, 0.3) is 0 Å². The predicted molar refractivity (Wildman–Crippen MR) is 53.7 cm³/mol. The van der Waals surface area contributed by atoms with Crippen molar-refractivity contribution in [1.29, 1.82) is 0 Å².